The Morgan fingerprint density at radius 2 is 2.00 bits per heavy atom. The second kappa shape index (κ2) is 5.51. The van der Waals surface area contributed by atoms with Crippen molar-refractivity contribution < 1.29 is 9.53 Å². The minimum absolute atomic E-state index is 0.244. The number of hydrogen-bond acceptors (Lipinski definition) is 3. The summed E-state index contributed by atoms with van der Waals surface area (Å²) in [6, 6.07) is 9.24. The van der Waals surface area contributed by atoms with E-state index < -0.39 is 0 Å². The van der Waals surface area contributed by atoms with E-state index in [2.05, 4.69) is 0 Å². The molecule has 1 unspecified atom stereocenters. The molecule has 0 aliphatic carbocycles. The molecule has 1 aromatic rings. The summed E-state index contributed by atoms with van der Waals surface area (Å²) in [5, 5.41) is 0. The average molecular weight is 207 g/mol. The SMILES string of the molecule is CCOC(=O)[C@H](c1ccccc1)C(C)N. The van der Waals surface area contributed by atoms with Gasteiger partial charge in [0.25, 0.3) is 0 Å². The van der Waals surface area contributed by atoms with E-state index in [9.17, 15) is 4.79 Å². The molecule has 15 heavy (non-hydrogen) atoms. The van der Waals surface area contributed by atoms with Crippen LogP contribution in [0.5, 0.6) is 0 Å². The molecule has 2 atom stereocenters. The Morgan fingerprint density at radius 1 is 1.40 bits per heavy atom. The molecule has 0 amide bonds. The van der Waals surface area contributed by atoms with Crippen LogP contribution >= 0.6 is 0 Å². The van der Waals surface area contributed by atoms with E-state index in [1.165, 1.54) is 0 Å². The fourth-order valence-electron chi connectivity index (χ4n) is 1.55. The monoisotopic (exact) mass is 207 g/mol. The number of nitrogens with two attached hydrogens (primary N) is 1. The standard InChI is InChI=1S/C12H17NO2/c1-3-15-12(14)11(9(2)13)10-7-5-4-6-8-10/h4-9,11H,3,13H2,1-2H3/t9?,11-/m0/s1. The molecule has 3 nitrogen and oxygen atoms in total. The van der Waals surface area contributed by atoms with Gasteiger partial charge in [0.15, 0.2) is 0 Å². The van der Waals surface area contributed by atoms with Crippen LogP contribution in [0.15, 0.2) is 30.3 Å². The number of hydrogen-bond donors (Lipinski definition) is 1. The van der Waals surface area contributed by atoms with Gasteiger partial charge < -0.3 is 10.5 Å². The lowest BCUT2D eigenvalue weighted by atomic mass is 9.93. The zero-order valence-corrected chi connectivity index (χ0v) is 9.14. The normalized spacial score (nSPS) is 14.3. The fourth-order valence-corrected chi connectivity index (χ4v) is 1.55. The summed E-state index contributed by atoms with van der Waals surface area (Å²) < 4.78 is 5.00. The van der Waals surface area contributed by atoms with Crippen molar-refractivity contribution in [2.75, 3.05) is 6.61 Å². The Bertz CT molecular complexity index is 309. The third-order valence-electron chi connectivity index (χ3n) is 2.23. The first-order chi connectivity index (χ1) is 7.16. The Hall–Kier alpha value is -1.35. The van der Waals surface area contributed by atoms with Gasteiger partial charge in [-0.05, 0) is 19.4 Å². The van der Waals surface area contributed by atoms with E-state index in [4.69, 9.17) is 10.5 Å². The van der Waals surface area contributed by atoms with Gasteiger partial charge in [-0.15, -0.1) is 0 Å². The van der Waals surface area contributed by atoms with Crippen molar-refractivity contribution in [2.24, 2.45) is 5.73 Å². The van der Waals surface area contributed by atoms with Gasteiger partial charge in [0.2, 0.25) is 0 Å². The number of benzene rings is 1. The van der Waals surface area contributed by atoms with Gasteiger partial charge in [-0.25, -0.2) is 0 Å². The predicted molar refractivity (Wildman–Crippen MR) is 59.5 cm³/mol. The van der Waals surface area contributed by atoms with Crippen LogP contribution in [0.3, 0.4) is 0 Å². The van der Waals surface area contributed by atoms with E-state index in [0.717, 1.165) is 5.56 Å². The maximum Gasteiger partial charge on any atom is 0.314 e. The molecular weight excluding hydrogens is 190 g/mol. The molecule has 82 valence electrons. The van der Waals surface area contributed by atoms with Crippen molar-refractivity contribution in [2.45, 2.75) is 25.8 Å². The van der Waals surface area contributed by atoms with E-state index in [0.29, 0.717) is 6.61 Å². The van der Waals surface area contributed by atoms with Gasteiger partial charge >= 0.3 is 5.97 Å². The summed E-state index contributed by atoms with van der Waals surface area (Å²) in [7, 11) is 0. The second-order valence-electron chi connectivity index (χ2n) is 3.50. The molecular formula is C12H17NO2. The summed E-state index contributed by atoms with van der Waals surface area (Å²) >= 11 is 0. The van der Waals surface area contributed by atoms with E-state index in [-0.39, 0.29) is 17.9 Å². The van der Waals surface area contributed by atoms with E-state index in [1.54, 1.807) is 6.92 Å². The topological polar surface area (TPSA) is 52.3 Å². The third-order valence-corrected chi connectivity index (χ3v) is 2.23. The number of ether oxygens (including phenoxy) is 1. The van der Waals surface area contributed by atoms with Gasteiger partial charge in [0.1, 0.15) is 0 Å². The van der Waals surface area contributed by atoms with E-state index in [1.807, 2.05) is 37.3 Å². The minimum Gasteiger partial charge on any atom is -0.465 e. The lowest BCUT2D eigenvalue weighted by Crippen LogP contribution is -2.32. The maximum atomic E-state index is 11.7. The number of carbonyl (C=O) groups is 1. The van der Waals surface area contributed by atoms with Crippen molar-refractivity contribution in [1.29, 1.82) is 0 Å². The number of esters is 1. The molecule has 0 fully saturated rings. The Morgan fingerprint density at radius 3 is 2.47 bits per heavy atom. The van der Waals surface area contributed by atoms with Gasteiger partial charge in [-0.2, -0.15) is 0 Å². The molecule has 0 saturated heterocycles. The summed E-state index contributed by atoms with van der Waals surface area (Å²) in [5.74, 6) is -0.621. The largest absolute Gasteiger partial charge is 0.465 e. The molecule has 0 aliphatic heterocycles. The molecule has 0 aliphatic rings. The van der Waals surface area contributed by atoms with Crippen molar-refractivity contribution >= 4 is 5.97 Å². The van der Waals surface area contributed by atoms with Crippen LogP contribution in [0.2, 0.25) is 0 Å². The average Bonchev–Trinajstić information content (AvgIpc) is 2.19. The summed E-state index contributed by atoms with van der Waals surface area (Å²) in [5.41, 5.74) is 6.71. The number of rotatable bonds is 4. The van der Waals surface area contributed by atoms with Gasteiger partial charge in [0.05, 0.1) is 12.5 Å². The molecule has 2 N–H and O–H groups in total. The van der Waals surface area contributed by atoms with Crippen LogP contribution in [-0.2, 0) is 9.53 Å². The van der Waals surface area contributed by atoms with Crippen LogP contribution in [0, 0.1) is 0 Å². The number of carbonyl (C=O) groups excluding carboxylic acids is 1. The van der Waals surface area contributed by atoms with Crippen LogP contribution < -0.4 is 5.73 Å². The molecule has 0 spiro atoms. The highest BCUT2D eigenvalue weighted by atomic mass is 16.5. The van der Waals surface area contributed by atoms with Crippen LogP contribution in [0.1, 0.15) is 25.3 Å². The summed E-state index contributed by atoms with van der Waals surface area (Å²) in [6.07, 6.45) is 0. The van der Waals surface area contributed by atoms with Crippen LogP contribution in [0.25, 0.3) is 0 Å². The van der Waals surface area contributed by atoms with Crippen molar-refractivity contribution in [1.82, 2.24) is 0 Å². The Kier molecular flexibility index (Phi) is 4.31. The Balaban J connectivity index is 2.88. The molecule has 3 heteroatoms. The van der Waals surface area contributed by atoms with Gasteiger partial charge in [-0.1, -0.05) is 30.3 Å². The highest BCUT2D eigenvalue weighted by molar-refractivity contribution is 5.79. The molecule has 1 aromatic carbocycles. The predicted octanol–water partition coefficient (Wildman–Crippen LogP) is 1.68. The first-order valence-corrected chi connectivity index (χ1v) is 5.14. The second-order valence-corrected chi connectivity index (χ2v) is 3.50. The fraction of sp³-hybridized carbons (Fsp3) is 0.417. The third kappa shape index (κ3) is 3.06. The first-order valence-electron chi connectivity index (χ1n) is 5.14. The minimum atomic E-state index is -0.369. The molecule has 0 bridgehead atoms. The zero-order chi connectivity index (χ0) is 11.3. The molecule has 1 rings (SSSR count). The lowest BCUT2D eigenvalue weighted by molar-refractivity contribution is -0.145. The van der Waals surface area contributed by atoms with Crippen molar-refractivity contribution in [3.63, 3.8) is 0 Å². The highest BCUT2D eigenvalue weighted by Crippen LogP contribution is 2.19. The van der Waals surface area contributed by atoms with Crippen LogP contribution in [0.4, 0.5) is 0 Å². The quantitative estimate of drug-likeness (QED) is 0.764. The Labute approximate surface area is 90.2 Å². The summed E-state index contributed by atoms with van der Waals surface area (Å²) in [4.78, 5) is 11.7. The molecule has 0 aromatic heterocycles. The molecule has 0 saturated carbocycles. The zero-order valence-electron chi connectivity index (χ0n) is 9.14. The van der Waals surface area contributed by atoms with E-state index >= 15 is 0 Å². The van der Waals surface area contributed by atoms with Gasteiger partial charge in [-0.3, -0.25) is 4.79 Å². The van der Waals surface area contributed by atoms with Gasteiger partial charge in [0, 0.05) is 6.04 Å². The lowest BCUT2D eigenvalue weighted by Gasteiger charge is -2.19. The molecule has 0 heterocycles. The maximum absolute atomic E-state index is 11.7. The highest BCUT2D eigenvalue weighted by Gasteiger charge is 2.25. The van der Waals surface area contributed by atoms with Crippen molar-refractivity contribution in [3.8, 4) is 0 Å². The van der Waals surface area contributed by atoms with Crippen molar-refractivity contribution in [3.05, 3.63) is 35.9 Å². The smallest absolute Gasteiger partial charge is 0.314 e. The summed E-state index contributed by atoms with van der Waals surface area (Å²) in [6.45, 7) is 3.99. The van der Waals surface area contributed by atoms with Crippen LogP contribution in [-0.4, -0.2) is 18.6 Å². The molecule has 0 radical (unpaired) electrons. The first kappa shape index (κ1) is 11.7.